The summed E-state index contributed by atoms with van der Waals surface area (Å²) in [6.07, 6.45) is 0. The summed E-state index contributed by atoms with van der Waals surface area (Å²) in [4.78, 5) is 0. The third-order valence-electron chi connectivity index (χ3n) is 1.99. The number of benzene rings is 1. The average molecular weight is 144 g/mol. The van der Waals surface area contributed by atoms with E-state index in [0.717, 1.165) is 17.8 Å². The van der Waals surface area contributed by atoms with Crippen LogP contribution in [0.2, 0.25) is 0 Å². The second-order valence-electron chi connectivity index (χ2n) is 2.65. The predicted molar refractivity (Wildman–Crippen MR) is 43.3 cm³/mol. The SMILES string of the molecule is N#CC1CNc2ccccc21. The van der Waals surface area contributed by atoms with Crippen molar-refractivity contribution in [2.75, 3.05) is 11.9 Å². The van der Waals surface area contributed by atoms with Gasteiger partial charge in [0.05, 0.1) is 12.0 Å². The molecule has 0 fully saturated rings. The molecule has 11 heavy (non-hydrogen) atoms. The minimum Gasteiger partial charge on any atom is -0.383 e. The molecule has 1 aromatic rings. The standard InChI is InChI=1S/C9H8N2/c10-5-7-6-11-9-4-2-1-3-8(7)9/h1-4,7,11H,6H2. The van der Waals surface area contributed by atoms with Crippen LogP contribution in [0, 0.1) is 11.3 Å². The first-order valence-electron chi connectivity index (χ1n) is 3.64. The van der Waals surface area contributed by atoms with E-state index in [-0.39, 0.29) is 5.92 Å². The highest BCUT2D eigenvalue weighted by atomic mass is 14.9. The number of hydrogen-bond acceptors (Lipinski definition) is 2. The lowest BCUT2D eigenvalue weighted by atomic mass is 10.0. The third kappa shape index (κ3) is 0.857. The number of hydrogen-bond donors (Lipinski definition) is 1. The van der Waals surface area contributed by atoms with Crippen LogP contribution in [0.25, 0.3) is 0 Å². The summed E-state index contributed by atoms with van der Waals surface area (Å²) < 4.78 is 0. The van der Waals surface area contributed by atoms with Gasteiger partial charge >= 0.3 is 0 Å². The maximum Gasteiger partial charge on any atom is 0.0904 e. The van der Waals surface area contributed by atoms with Crippen molar-refractivity contribution < 1.29 is 0 Å². The van der Waals surface area contributed by atoms with Crippen LogP contribution in [0.3, 0.4) is 0 Å². The Hall–Kier alpha value is -1.49. The van der Waals surface area contributed by atoms with Crippen molar-refractivity contribution in [3.05, 3.63) is 29.8 Å². The average Bonchev–Trinajstić information content (AvgIpc) is 2.47. The van der Waals surface area contributed by atoms with E-state index in [9.17, 15) is 0 Å². The Balaban J connectivity index is 2.49. The molecule has 1 N–H and O–H groups in total. The lowest BCUT2D eigenvalue weighted by Gasteiger charge is -1.96. The van der Waals surface area contributed by atoms with Gasteiger partial charge in [0.15, 0.2) is 0 Å². The minimum atomic E-state index is 0.0474. The van der Waals surface area contributed by atoms with Crippen LogP contribution in [0.1, 0.15) is 11.5 Å². The molecule has 1 aliphatic rings. The summed E-state index contributed by atoms with van der Waals surface area (Å²) in [5, 5.41) is 11.9. The number of rotatable bonds is 0. The van der Waals surface area contributed by atoms with Crippen LogP contribution < -0.4 is 5.32 Å². The first-order chi connectivity index (χ1) is 5.42. The van der Waals surface area contributed by atoms with E-state index < -0.39 is 0 Å². The smallest absolute Gasteiger partial charge is 0.0904 e. The van der Waals surface area contributed by atoms with Gasteiger partial charge in [0.25, 0.3) is 0 Å². The molecule has 0 bridgehead atoms. The van der Waals surface area contributed by atoms with Gasteiger partial charge in [-0.25, -0.2) is 0 Å². The zero-order chi connectivity index (χ0) is 7.68. The molecule has 1 heterocycles. The Morgan fingerprint density at radius 2 is 2.27 bits per heavy atom. The van der Waals surface area contributed by atoms with Crippen LogP contribution in [0.15, 0.2) is 24.3 Å². The molecule has 0 saturated carbocycles. The predicted octanol–water partition coefficient (Wildman–Crippen LogP) is 1.72. The minimum absolute atomic E-state index is 0.0474. The van der Waals surface area contributed by atoms with E-state index in [1.165, 1.54) is 0 Å². The van der Waals surface area contributed by atoms with E-state index in [4.69, 9.17) is 5.26 Å². The fourth-order valence-corrected chi connectivity index (χ4v) is 1.40. The number of anilines is 1. The van der Waals surface area contributed by atoms with Crippen molar-refractivity contribution in [3.63, 3.8) is 0 Å². The van der Waals surface area contributed by atoms with Crippen molar-refractivity contribution in [1.82, 2.24) is 0 Å². The molecule has 0 amide bonds. The highest BCUT2D eigenvalue weighted by molar-refractivity contribution is 5.59. The molecule has 1 unspecified atom stereocenters. The first-order valence-corrected chi connectivity index (χ1v) is 3.64. The highest BCUT2D eigenvalue weighted by Crippen LogP contribution is 2.29. The Bertz CT molecular complexity index is 312. The molecule has 2 heteroatoms. The topological polar surface area (TPSA) is 35.8 Å². The number of fused-ring (bicyclic) bond motifs is 1. The molecule has 0 saturated heterocycles. The molecular formula is C9H8N2. The Morgan fingerprint density at radius 3 is 3.09 bits per heavy atom. The van der Waals surface area contributed by atoms with Crippen LogP contribution in [-0.2, 0) is 0 Å². The number of para-hydroxylation sites is 1. The molecule has 2 nitrogen and oxygen atoms in total. The quantitative estimate of drug-likeness (QED) is 0.601. The van der Waals surface area contributed by atoms with Crippen LogP contribution >= 0.6 is 0 Å². The van der Waals surface area contributed by atoms with Gasteiger partial charge in [0.1, 0.15) is 0 Å². The molecule has 0 radical (unpaired) electrons. The van der Waals surface area contributed by atoms with Crippen molar-refractivity contribution in [3.8, 4) is 6.07 Å². The first kappa shape index (κ1) is 6.23. The number of nitriles is 1. The van der Waals surface area contributed by atoms with E-state index in [1.807, 2.05) is 24.3 Å². The lowest BCUT2D eigenvalue weighted by molar-refractivity contribution is 0.963. The second kappa shape index (κ2) is 2.28. The van der Waals surface area contributed by atoms with Gasteiger partial charge in [-0.2, -0.15) is 5.26 Å². The monoisotopic (exact) mass is 144 g/mol. The maximum atomic E-state index is 8.72. The maximum absolute atomic E-state index is 8.72. The molecular weight excluding hydrogens is 136 g/mol. The molecule has 54 valence electrons. The normalized spacial score (nSPS) is 20.1. The molecule has 1 aliphatic heterocycles. The summed E-state index contributed by atoms with van der Waals surface area (Å²) in [6, 6.07) is 10.2. The van der Waals surface area contributed by atoms with E-state index in [2.05, 4.69) is 11.4 Å². The molecule has 0 spiro atoms. The number of nitrogens with one attached hydrogen (secondary N) is 1. The largest absolute Gasteiger partial charge is 0.383 e. The van der Waals surface area contributed by atoms with Gasteiger partial charge in [-0.05, 0) is 11.6 Å². The highest BCUT2D eigenvalue weighted by Gasteiger charge is 2.19. The molecule has 0 aliphatic carbocycles. The van der Waals surface area contributed by atoms with Crippen molar-refractivity contribution in [1.29, 1.82) is 5.26 Å². The summed E-state index contributed by atoms with van der Waals surface area (Å²) >= 11 is 0. The van der Waals surface area contributed by atoms with Crippen LogP contribution in [0.5, 0.6) is 0 Å². The van der Waals surface area contributed by atoms with Crippen molar-refractivity contribution >= 4 is 5.69 Å². The Labute approximate surface area is 65.5 Å². The van der Waals surface area contributed by atoms with E-state index in [1.54, 1.807) is 0 Å². The fourth-order valence-electron chi connectivity index (χ4n) is 1.40. The van der Waals surface area contributed by atoms with Crippen molar-refractivity contribution in [2.24, 2.45) is 0 Å². The molecule has 1 aromatic carbocycles. The van der Waals surface area contributed by atoms with Gasteiger partial charge < -0.3 is 5.32 Å². The van der Waals surface area contributed by atoms with Gasteiger partial charge in [0, 0.05) is 12.2 Å². The van der Waals surface area contributed by atoms with Crippen LogP contribution in [-0.4, -0.2) is 6.54 Å². The third-order valence-corrected chi connectivity index (χ3v) is 1.99. The molecule has 2 rings (SSSR count). The lowest BCUT2D eigenvalue weighted by Crippen LogP contribution is -1.97. The summed E-state index contributed by atoms with van der Waals surface area (Å²) in [5.74, 6) is 0.0474. The van der Waals surface area contributed by atoms with Gasteiger partial charge in [-0.1, -0.05) is 18.2 Å². The van der Waals surface area contributed by atoms with Crippen LogP contribution in [0.4, 0.5) is 5.69 Å². The van der Waals surface area contributed by atoms with Gasteiger partial charge in [-0.3, -0.25) is 0 Å². The number of nitrogens with zero attached hydrogens (tertiary/aromatic N) is 1. The zero-order valence-electron chi connectivity index (χ0n) is 6.04. The van der Waals surface area contributed by atoms with Crippen molar-refractivity contribution in [2.45, 2.75) is 5.92 Å². The Morgan fingerprint density at radius 1 is 1.45 bits per heavy atom. The van der Waals surface area contributed by atoms with Gasteiger partial charge in [0.2, 0.25) is 0 Å². The summed E-state index contributed by atoms with van der Waals surface area (Å²) in [5.41, 5.74) is 2.24. The fraction of sp³-hybridized carbons (Fsp3) is 0.222. The van der Waals surface area contributed by atoms with Gasteiger partial charge in [-0.15, -0.1) is 0 Å². The summed E-state index contributed by atoms with van der Waals surface area (Å²) in [6.45, 7) is 0.760. The van der Waals surface area contributed by atoms with E-state index >= 15 is 0 Å². The molecule has 0 aromatic heterocycles. The zero-order valence-corrected chi connectivity index (χ0v) is 6.04. The Kier molecular flexibility index (Phi) is 1.29. The van der Waals surface area contributed by atoms with E-state index in [0.29, 0.717) is 0 Å². The summed E-state index contributed by atoms with van der Waals surface area (Å²) in [7, 11) is 0. The second-order valence-corrected chi connectivity index (χ2v) is 2.65. The molecule has 1 atom stereocenters.